The highest BCUT2D eigenvalue weighted by Crippen LogP contribution is 2.29. The fourth-order valence-electron chi connectivity index (χ4n) is 4.06. The van der Waals surface area contributed by atoms with Crippen molar-refractivity contribution in [1.82, 2.24) is 19.7 Å². The van der Waals surface area contributed by atoms with Crippen molar-refractivity contribution in [3.8, 4) is 0 Å². The van der Waals surface area contributed by atoms with Gasteiger partial charge >= 0.3 is 0 Å². The maximum Gasteiger partial charge on any atom is 0.220 e. The minimum Gasteiger partial charge on any atom is -0.364 e. The Hall–Kier alpha value is -0.880. The van der Waals surface area contributed by atoms with Gasteiger partial charge in [-0.1, -0.05) is 31.3 Å². The number of hydrogen-bond donors (Lipinski definition) is 1. The molecule has 1 aromatic rings. The lowest BCUT2D eigenvalue weighted by molar-refractivity contribution is 0.251. The van der Waals surface area contributed by atoms with Gasteiger partial charge < -0.3 is 14.7 Å². The van der Waals surface area contributed by atoms with E-state index < -0.39 is 10.0 Å². The largest absolute Gasteiger partial charge is 0.364 e. The molecule has 29 heavy (non-hydrogen) atoms. The number of aromatic nitrogens is 1. The van der Waals surface area contributed by atoms with Crippen LogP contribution in [0.2, 0.25) is 0 Å². The zero-order chi connectivity index (χ0) is 20.0. The summed E-state index contributed by atoms with van der Waals surface area (Å²) in [5.74, 6) is 2.19. The van der Waals surface area contributed by atoms with Crippen molar-refractivity contribution in [2.24, 2.45) is 16.8 Å². The highest BCUT2D eigenvalue weighted by atomic mass is 127. The van der Waals surface area contributed by atoms with Crippen LogP contribution in [0, 0.1) is 11.8 Å². The standard InChI is InChI=1S/C19H33N5O3S.HI/c1-3-20-19(21-14-17-7-5-4-6-16(17)2)23-9-11-24(12-10-23)28(25,26)15-18-8-13-27-22-18;/h8,13,16-17H,3-7,9-12,14-15H2,1-2H3,(H,20,21);1H. The van der Waals surface area contributed by atoms with E-state index in [-0.39, 0.29) is 29.7 Å². The molecule has 2 aliphatic rings. The first kappa shape index (κ1) is 24.4. The Bertz CT molecular complexity index is 733. The van der Waals surface area contributed by atoms with Gasteiger partial charge in [0.2, 0.25) is 10.0 Å². The second-order valence-corrected chi connectivity index (χ2v) is 9.82. The molecule has 0 spiro atoms. The van der Waals surface area contributed by atoms with Gasteiger partial charge in [-0.15, -0.1) is 24.0 Å². The number of hydrogen-bond acceptors (Lipinski definition) is 5. The van der Waals surface area contributed by atoms with Crippen molar-refractivity contribution in [1.29, 1.82) is 0 Å². The normalized spacial score (nSPS) is 24.2. The van der Waals surface area contributed by atoms with Crippen molar-refractivity contribution in [3.05, 3.63) is 18.0 Å². The minimum absolute atomic E-state index is 0. The van der Waals surface area contributed by atoms with E-state index in [4.69, 9.17) is 9.52 Å². The number of aliphatic imine (C=N–C) groups is 1. The number of guanidine groups is 1. The third-order valence-corrected chi connectivity index (χ3v) is 7.67. The molecule has 1 aromatic heterocycles. The first-order valence-corrected chi connectivity index (χ1v) is 12.0. The summed E-state index contributed by atoms with van der Waals surface area (Å²) >= 11 is 0. The summed E-state index contributed by atoms with van der Waals surface area (Å²) in [6.45, 7) is 8.28. The van der Waals surface area contributed by atoms with Crippen LogP contribution in [0.15, 0.2) is 21.8 Å². The first-order chi connectivity index (χ1) is 13.5. The summed E-state index contributed by atoms with van der Waals surface area (Å²) in [5, 5.41) is 7.10. The SMILES string of the molecule is CCNC(=NCC1CCCCC1C)N1CCN(S(=O)(=O)Cc2ccon2)CC1.I. The molecule has 2 heterocycles. The molecule has 2 atom stereocenters. The average Bonchev–Trinajstić information content (AvgIpc) is 3.19. The number of piperazine rings is 1. The summed E-state index contributed by atoms with van der Waals surface area (Å²) in [6, 6.07) is 1.59. The molecule has 2 unspecified atom stereocenters. The predicted octanol–water partition coefficient (Wildman–Crippen LogP) is 2.53. The fourth-order valence-corrected chi connectivity index (χ4v) is 5.49. The zero-order valence-corrected chi connectivity index (χ0v) is 20.6. The molecule has 0 amide bonds. The van der Waals surface area contributed by atoms with Gasteiger partial charge in [0.1, 0.15) is 12.0 Å². The van der Waals surface area contributed by atoms with Gasteiger partial charge in [0.15, 0.2) is 5.96 Å². The van der Waals surface area contributed by atoms with Crippen LogP contribution in [-0.2, 0) is 15.8 Å². The summed E-state index contributed by atoms with van der Waals surface area (Å²) in [6.07, 6.45) is 6.61. The summed E-state index contributed by atoms with van der Waals surface area (Å²) < 4.78 is 31.5. The lowest BCUT2D eigenvalue weighted by Crippen LogP contribution is -2.54. The molecule has 1 aliphatic carbocycles. The van der Waals surface area contributed by atoms with Crippen LogP contribution in [0.5, 0.6) is 0 Å². The van der Waals surface area contributed by atoms with Crippen LogP contribution in [-0.4, -0.2) is 68.0 Å². The first-order valence-electron chi connectivity index (χ1n) is 10.4. The van der Waals surface area contributed by atoms with E-state index in [0.717, 1.165) is 25.0 Å². The molecule has 2 fully saturated rings. The molecule has 8 nitrogen and oxygen atoms in total. The molecule has 1 aliphatic heterocycles. The van der Waals surface area contributed by atoms with Gasteiger partial charge in [0.25, 0.3) is 0 Å². The molecule has 3 rings (SSSR count). The highest BCUT2D eigenvalue weighted by molar-refractivity contribution is 14.0. The van der Waals surface area contributed by atoms with Gasteiger partial charge in [-0.2, -0.15) is 4.31 Å². The monoisotopic (exact) mass is 539 g/mol. The highest BCUT2D eigenvalue weighted by Gasteiger charge is 2.29. The molecule has 0 radical (unpaired) electrons. The van der Waals surface area contributed by atoms with Crippen molar-refractivity contribution in [2.75, 3.05) is 39.3 Å². The Kier molecular flexibility index (Phi) is 9.67. The topological polar surface area (TPSA) is 91.0 Å². The predicted molar refractivity (Wildman–Crippen MR) is 125 cm³/mol. The molecule has 10 heteroatoms. The lowest BCUT2D eigenvalue weighted by atomic mass is 9.80. The molecular formula is C19H34IN5O3S. The molecular weight excluding hydrogens is 505 g/mol. The fraction of sp³-hybridized carbons (Fsp3) is 0.789. The summed E-state index contributed by atoms with van der Waals surface area (Å²) in [5.41, 5.74) is 0.443. The van der Waals surface area contributed by atoms with Crippen LogP contribution in [0.4, 0.5) is 0 Å². The third kappa shape index (κ3) is 6.81. The average molecular weight is 539 g/mol. The number of sulfonamides is 1. The molecule has 1 N–H and O–H groups in total. The van der Waals surface area contributed by atoms with E-state index in [1.54, 1.807) is 10.4 Å². The maximum absolute atomic E-state index is 12.6. The van der Waals surface area contributed by atoms with E-state index in [0.29, 0.717) is 37.8 Å². The van der Waals surface area contributed by atoms with E-state index >= 15 is 0 Å². The van der Waals surface area contributed by atoms with Gasteiger partial charge in [-0.25, -0.2) is 8.42 Å². The lowest BCUT2D eigenvalue weighted by Gasteiger charge is -2.36. The summed E-state index contributed by atoms with van der Waals surface area (Å²) in [4.78, 5) is 7.08. The Morgan fingerprint density at radius 2 is 2.00 bits per heavy atom. The van der Waals surface area contributed by atoms with Crippen LogP contribution in [0.3, 0.4) is 0 Å². The van der Waals surface area contributed by atoms with Crippen LogP contribution >= 0.6 is 24.0 Å². The summed E-state index contributed by atoms with van der Waals surface area (Å²) in [7, 11) is -3.38. The molecule has 166 valence electrons. The van der Waals surface area contributed by atoms with Crippen LogP contribution < -0.4 is 5.32 Å². The second-order valence-electron chi connectivity index (χ2n) is 7.85. The Balaban J connectivity index is 0.00000300. The van der Waals surface area contributed by atoms with E-state index in [2.05, 4.69) is 29.2 Å². The number of halogens is 1. The number of nitrogens with zero attached hydrogens (tertiary/aromatic N) is 4. The Morgan fingerprint density at radius 1 is 1.28 bits per heavy atom. The van der Waals surface area contributed by atoms with Gasteiger partial charge in [0, 0.05) is 45.3 Å². The molecule has 0 bridgehead atoms. The van der Waals surface area contributed by atoms with E-state index in [1.807, 2.05) is 0 Å². The third-order valence-electron chi connectivity index (χ3n) is 5.85. The van der Waals surface area contributed by atoms with E-state index in [9.17, 15) is 8.42 Å². The molecule has 1 saturated carbocycles. The van der Waals surface area contributed by atoms with Gasteiger partial charge in [0.05, 0.1) is 5.69 Å². The van der Waals surface area contributed by atoms with Crippen molar-refractivity contribution in [3.63, 3.8) is 0 Å². The Morgan fingerprint density at radius 3 is 2.62 bits per heavy atom. The quantitative estimate of drug-likeness (QED) is 0.340. The van der Waals surface area contributed by atoms with Crippen LogP contribution in [0.25, 0.3) is 0 Å². The second kappa shape index (κ2) is 11.5. The van der Waals surface area contributed by atoms with Crippen molar-refractivity contribution >= 4 is 40.0 Å². The number of rotatable bonds is 6. The van der Waals surface area contributed by atoms with Gasteiger partial charge in [-0.05, 0) is 25.2 Å². The molecule has 0 aromatic carbocycles. The van der Waals surface area contributed by atoms with Gasteiger partial charge in [-0.3, -0.25) is 4.99 Å². The van der Waals surface area contributed by atoms with Crippen LogP contribution in [0.1, 0.15) is 45.2 Å². The van der Waals surface area contributed by atoms with E-state index in [1.165, 1.54) is 31.9 Å². The zero-order valence-electron chi connectivity index (χ0n) is 17.4. The maximum atomic E-state index is 12.6. The van der Waals surface area contributed by atoms with Crippen molar-refractivity contribution < 1.29 is 12.9 Å². The number of nitrogens with one attached hydrogen (secondary N) is 1. The smallest absolute Gasteiger partial charge is 0.220 e. The Labute approximate surface area is 191 Å². The molecule has 1 saturated heterocycles. The van der Waals surface area contributed by atoms with Crippen molar-refractivity contribution in [2.45, 2.75) is 45.3 Å². The minimum atomic E-state index is -3.38.